The summed E-state index contributed by atoms with van der Waals surface area (Å²) >= 11 is 0. The highest BCUT2D eigenvalue weighted by Gasteiger charge is 2.36. The van der Waals surface area contributed by atoms with Crippen LogP contribution < -0.4 is 0 Å². The molecule has 2 aliphatic rings. The van der Waals surface area contributed by atoms with Crippen molar-refractivity contribution in [2.45, 2.75) is 44.3 Å². The molecule has 33 heavy (non-hydrogen) atoms. The summed E-state index contributed by atoms with van der Waals surface area (Å²) in [4.78, 5) is 19.5. The van der Waals surface area contributed by atoms with Crippen molar-refractivity contribution in [1.29, 1.82) is 0 Å². The van der Waals surface area contributed by atoms with Crippen LogP contribution in [-0.4, -0.2) is 51.2 Å². The highest BCUT2D eigenvalue weighted by molar-refractivity contribution is 5.88. The lowest BCUT2D eigenvalue weighted by molar-refractivity contribution is -0.142. The van der Waals surface area contributed by atoms with Gasteiger partial charge in [-0.3, -0.25) is 4.90 Å². The number of fused-ring (bicyclic) bond motifs is 2. The van der Waals surface area contributed by atoms with Crippen molar-refractivity contribution in [3.8, 4) is 11.3 Å². The number of hydrogen-bond donors (Lipinski definition) is 0. The van der Waals surface area contributed by atoms with Gasteiger partial charge in [-0.2, -0.15) is 18.3 Å². The maximum Gasteiger partial charge on any atom is 0.433 e. The third-order valence-corrected chi connectivity index (χ3v) is 6.65. The minimum Gasteiger partial charge on any atom is -0.461 e. The second-order valence-electron chi connectivity index (χ2n) is 8.79. The maximum absolute atomic E-state index is 13.8. The molecule has 0 unspecified atom stereocenters. The van der Waals surface area contributed by atoms with E-state index in [0.717, 1.165) is 38.4 Å². The number of nitrogens with zero attached hydrogens (tertiary/aromatic N) is 4. The van der Waals surface area contributed by atoms with Crippen LogP contribution in [0.25, 0.3) is 16.9 Å². The van der Waals surface area contributed by atoms with Crippen molar-refractivity contribution in [3.63, 3.8) is 0 Å². The third kappa shape index (κ3) is 4.46. The van der Waals surface area contributed by atoms with Gasteiger partial charge in [0.25, 0.3) is 0 Å². The second kappa shape index (κ2) is 8.78. The van der Waals surface area contributed by atoms with Crippen LogP contribution in [0.2, 0.25) is 0 Å². The summed E-state index contributed by atoms with van der Waals surface area (Å²) in [6.45, 7) is 2.41. The van der Waals surface area contributed by atoms with Crippen molar-refractivity contribution in [1.82, 2.24) is 19.5 Å². The van der Waals surface area contributed by atoms with E-state index in [-0.39, 0.29) is 29.6 Å². The standard InChI is InChI=1S/C24H25F3N4O2/c25-24(26,27)21-13-18(16-7-2-1-3-8-16)28-22-14-19(29-31(21)22)23(32)33-15-17-9-6-12-30-11-5-4-10-20(17)30/h1-3,7-8,13-14,17,20H,4-6,9-12,15H2/t17-,20+/m1/s1. The van der Waals surface area contributed by atoms with Crippen molar-refractivity contribution < 1.29 is 22.7 Å². The Bertz CT molecular complexity index is 1140. The Labute approximate surface area is 189 Å². The smallest absolute Gasteiger partial charge is 0.433 e. The first-order valence-electron chi connectivity index (χ1n) is 11.3. The molecule has 3 aromatic rings. The Balaban J connectivity index is 1.39. The molecule has 0 radical (unpaired) electrons. The highest BCUT2D eigenvalue weighted by atomic mass is 19.4. The predicted octanol–water partition coefficient (Wildman–Crippen LogP) is 4.84. The molecule has 1 aromatic carbocycles. The van der Waals surface area contributed by atoms with E-state index >= 15 is 0 Å². The minimum absolute atomic E-state index is 0.0493. The van der Waals surface area contributed by atoms with Crippen LogP contribution in [0.1, 0.15) is 48.3 Å². The van der Waals surface area contributed by atoms with E-state index in [0.29, 0.717) is 16.1 Å². The quantitative estimate of drug-likeness (QED) is 0.524. The fourth-order valence-electron chi connectivity index (χ4n) is 5.06. The summed E-state index contributed by atoms with van der Waals surface area (Å²) in [6, 6.07) is 11.2. The van der Waals surface area contributed by atoms with Gasteiger partial charge in [0.05, 0.1) is 12.3 Å². The number of halogens is 3. The number of ether oxygens (including phenoxy) is 1. The van der Waals surface area contributed by atoms with Gasteiger partial charge in [0.2, 0.25) is 0 Å². The molecule has 6 nitrogen and oxygen atoms in total. The van der Waals surface area contributed by atoms with Gasteiger partial charge in [-0.25, -0.2) is 14.3 Å². The molecule has 0 spiro atoms. The number of benzene rings is 1. The van der Waals surface area contributed by atoms with Crippen LogP contribution in [0.4, 0.5) is 13.2 Å². The van der Waals surface area contributed by atoms with Gasteiger partial charge < -0.3 is 4.74 Å². The zero-order valence-corrected chi connectivity index (χ0v) is 18.1. The molecule has 9 heteroatoms. The van der Waals surface area contributed by atoms with Crippen LogP contribution in [0.5, 0.6) is 0 Å². The molecule has 0 bridgehead atoms. The van der Waals surface area contributed by atoms with Gasteiger partial charge in [-0.05, 0) is 44.8 Å². The fraction of sp³-hybridized carbons (Fsp3) is 0.458. The number of alkyl halides is 3. The number of piperidine rings is 2. The predicted molar refractivity (Wildman–Crippen MR) is 116 cm³/mol. The molecule has 5 rings (SSSR count). The number of carbonyl (C=O) groups is 1. The molecule has 2 atom stereocenters. The van der Waals surface area contributed by atoms with E-state index in [1.54, 1.807) is 30.3 Å². The molecular formula is C24H25F3N4O2. The molecule has 2 aliphatic heterocycles. The summed E-state index contributed by atoms with van der Waals surface area (Å²) in [5, 5.41) is 3.91. The lowest BCUT2D eigenvalue weighted by Gasteiger charge is -2.44. The Morgan fingerprint density at radius 2 is 1.85 bits per heavy atom. The summed E-state index contributed by atoms with van der Waals surface area (Å²) in [5.74, 6) is -0.476. The highest BCUT2D eigenvalue weighted by Crippen LogP contribution is 2.33. The van der Waals surface area contributed by atoms with Crippen LogP contribution in [0, 0.1) is 5.92 Å². The van der Waals surface area contributed by atoms with Crippen LogP contribution in [-0.2, 0) is 10.9 Å². The van der Waals surface area contributed by atoms with E-state index in [9.17, 15) is 18.0 Å². The zero-order valence-electron chi connectivity index (χ0n) is 18.1. The summed E-state index contributed by atoms with van der Waals surface area (Å²) < 4.78 is 47.5. The van der Waals surface area contributed by atoms with Gasteiger partial charge in [-0.1, -0.05) is 36.8 Å². The van der Waals surface area contributed by atoms with E-state index in [1.165, 1.54) is 18.9 Å². The van der Waals surface area contributed by atoms with Gasteiger partial charge in [0, 0.05) is 23.6 Å². The monoisotopic (exact) mass is 458 g/mol. The molecule has 2 aromatic heterocycles. The van der Waals surface area contributed by atoms with Gasteiger partial charge in [-0.15, -0.1) is 0 Å². The normalized spacial score (nSPS) is 21.7. The lowest BCUT2D eigenvalue weighted by Crippen LogP contribution is -2.49. The zero-order chi connectivity index (χ0) is 23.0. The van der Waals surface area contributed by atoms with Crippen molar-refractivity contribution in [2.24, 2.45) is 5.92 Å². The topological polar surface area (TPSA) is 59.7 Å². The Morgan fingerprint density at radius 1 is 1.06 bits per heavy atom. The Morgan fingerprint density at radius 3 is 2.64 bits per heavy atom. The molecule has 4 heterocycles. The van der Waals surface area contributed by atoms with Gasteiger partial charge in [0.1, 0.15) is 0 Å². The molecule has 0 saturated carbocycles. The van der Waals surface area contributed by atoms with Gasteiger partial charge >= 0.3 is 12.1 Å². The number of esters is 1. The van der Waals surface area contributed by atoms with E-state index < -0.39 is 17.8 Å². The molecule has 0 aliphatic carbocycles. The van der Waals surface area contributed by atoms with E-state index in [2.05, 4.69) is 15.0 Å². The van der Waals surface area contributed by atoms with Crippen molar-refractivity contribution in [3.05, 3.63) is 53.9 Å². The molecule has 2 saturated heterocycles. The van der Waals surface area contributed by atoms with Crippen LogP contribution in [0.15, 0.2) is 42.5 Å². The molecule has 174 valence electrons. The van der Waals surface area contributed by atoms with E-state index in [4.69, 9.17) is 4.74 Å². The largest absolute Gasteiger partial charge is 0.461 e. The molecule has 0 N–H and O–H groups in total. The average Bonchev–Trinajstić information content (AvgIpc) is 3.26. The SMILES string of the molecule is O=C(OC[C@H]1CCCN2CCCC[C@@H]12)c1cc2nc(-c3ccccc3)cc(C(F)(F)F)n2n1. The van der Waals surface area contributed by atoms with Crippen molar-refractivity contribution >= 4 is 11.6 Å². The molecular weight excluding hydrogens is 433 g/mol. The van der Waals surface area contributed by atoms with Crippen molar-refractivity contribution in [2.75, 3.05) is 19.7 Å². The molecule has 2 fully saturated rings. The number of carbonyl (C=O) groups excluding carboxylic acids is 1. The van der Waals surface area contributed by atoms with Crippen LogP contribution >= 0.6 is 0 Å². The fourth-order valence-corrected chi connectivity index (χ4v) is 5.06. The first kappa shape index (κ1) is 21.9. The summed E-state index contributed by atoms with van der Waals surface area (Å²) in [5.41, 5.74) is -0.503. The first-order chi connectivity index (χ1) is 15.9. The number of rotatable bonds is 4. The summed E-state index contributed by atoms with van der Waals surface area (Å²) in [6.07, 6.45) is 0.855. The summed E-state index contributed by atoms with van der Waals surface area (Å²) in [7, 11) is 0. The Hall–Kier alpha value is -2.94. The molecule has 0 amide bonds. The average molecular weight is 458 g/mol. The minimum atomic E-state index is -4.66. The Kier molecular flexibility index (Phi) is 5.82. The third-order valence-electron chi connectivity index (χ3n) is 6.65. The number of hydrogen-bond acceptors (Lipinski definition) is 5. The van der Waals surface area contributed by atoms with E-state index in [1.807, 2.05) is 0 Å². The number of aromatic nitrogens is 3. The van der Waals surface area contributed by atoms with Gasteiger partial charge in [0.15, 0.2) is 17.0 Å². The maximum atomic E-state index is 13.8. The lowest BCUT2D eigenvalue weighted by atomic mass is 9.84. The first-order valence-corrected chi connectivity index (χ1v) is 11.3. The second-order valence-corrected chi connectivity index (χ2v) is 8.79. The van der Waals surface area contributed by atoms with Crippen LogP contribution in [0.3, 0.4) is 0 Å².